The van der Waals surface area contributed by atoms with E-state index in [1.54, 1.807) is 13.1 Å². The van der Waals surface area contributed by atoms with Gasteiger partial charge in [-0.25, -0.2) is 4.98 Å². The van der Waals surface area contributed by atoms with E-state index in [4.69, 9.17) is 0 Å². The topological polar surface area (TPSA) is 49.8 Å². The van der Waals surface area contributed by atoms with Gasteiger partial charge in [0.25, 0.3) is 0 Å². The number of rotatable bonds is 4. The van der Waals surface area contributed by atoms with Crippen LogP contribution in [0.1, 0.15) is 33.3 Å². The Labute approximate surface area is 146 Å². The molecule has 0 aromatic carbocycles. The second-order valence-corrected chi connectivity index (χ2v) is 7.34. The first-order valence-corrected chi connectivity index (χ1v) is 8.09. The third-order valence-electron chi connectivity index (χ3n) is 4.98. The van der Waals surface area contributed by atoms with Gasteiger partial charge in [0.15, 0.2) is 12.6 Å². The van der Waals surface area contributed by atoms with Crippen molar-refractivity contribution in [1.82, 2.24) is 15.2 Å². The molecule has 0 aliphatic carbocycles. The minimum atomic E-state index is -4.37. The Hall–Kier alpha value is -1.99. The summed E-state index contributed by atoms with van der Waals surface area (Å²) >= 11 is 0. The molecule has 0 radical (unpaired) electrons. The number of hydrogen-bond donors (Lipinski definition) is 1. The van der Waals surface area contributed by atoms with E-state index in [2.05, 4.69) is 52.6 Å². The first-order valence-electron chi connectivity index (χ1n) is 8.09. The third-order valence-corrected chi connectivity index (χ3v) is 4.98. The predicted molar refractivity (Wildman–Crippen MR) is 90.6 cm³/mol. The number of nitrogens with zero attached hydrogens (tertiary/aromatic N) is 3. The summed E-state index contributed by atoms with van der Waals surface area (Å²) in [5, 5.41) is 3.27. The number of alkyl halides is 3. The highest BCUT2D eigenvalue weighted by Crippen LogP contribution is 2.46. The lowest BCUT2D eigenvalue weighted by atomic mass is 9.65. The summed E-state index contributed by atoms with van der Waals surface area (Å²) in [6.45, 7) is 8.84. The number of aromatic nitrogens is 1. The van der Waals surface area contributed by atoms with Gasteiger partial charge in [0.1, 0.15) is 0 Å². The van der Waals surface area contributed by atoms with Crippen molar-refractivity contribution in [2.24, 2.45) is 10.4 Å². The van der Waals surface area contributed by atoms with Crippen LogP contribution in [-0.4, -0.2) is 47.8 Å². The van der Waals surface area contributed by atoms with Crippen molar-refractivity contribution in [2.45, 2.75) is 46.0 Å². The molecular weight excluding hydrogens is 333 g/mol. The molecule has 140 valence electrons. The van der Waals surface area contributed by atoms with E-state index in [0.717, 1.165) is 18.1 Å². The number of nitrogens with one attached hydrogen (secondary N) is 1. The number of likely N-dealkylation sites (tertiary alicyclic amines) is 1. The van der Waals surface area contributed by atoms with Crippen molar-refractivity contribution in [2.75, 3.05) is 20.2 Å². The van der Waals surface area contributed by atoms with Gasteiger partial charge >= 0.3 is 6.18 Å². The molecule has 5 nitrogen and oxygen atoms in total. The fourth-order valence-corrected chi connectivity index (χ4v) is 2.63. The zero-order valence-corrected chi connectivity index (χ0v) is 15.2. The largest absolute Gasteiger partial charge is 0.468 e. The number of hydrogen-bond acceptors (Lipinski definition) is 3. The Balaban J connectivity index is 1.90. The summed E-state index contributed by atoms with van der Waals surface area (Å²) in [4.78, 5) is 10.4. The fourth-order valence-electron chi connectivity index (χ4n) is 2.63. The van der Waals surface area contributed by atoms with Crippen molar-refractivity contribution < 1.29 is 17.9 Å². The molecule has 1 saturated heterocycles. The van der Waals surface area contributed by atoms with Crippen LogP contribution in [0.15, 0.2) is 23.3 Å². The van der Waals surface area contributed by atoms with Crippen LogP contribution < -0.4 is 10.1 Å². The standard InChI is InChI=1S/C17H25F3N4O/c1-15(2)10-24(16(15,3)4)14(21-5)23-9-12-6-7-13(22-8-12)25-11-17(18,19)20/h6-8H,9-11H2,1-5H3,(H,21,23). The Bertz CT molecular complexity index is 624. The van der Waals surface area contributed by atoms with E-state index in [1.807, 2.05) is 0 Å². The van der Waals surface area contributed by atoms with Gasteiger partial charge in [0, 0.05) is 43.4 Å². The molecule has 1 aromatic rings. The summed E-state index contributed by atoms with van der Waals surface area (Å²) < 4.78 is 41.0. The monoisotopic (exact) mass is 358 g/mol. The molecule has 2 heterocycles. The van der Waals surface area contributed by atoms with Crippen molar-refractivity contribution in [3.8, 4) is 5.88 Å². The van der Waals surface area contributed by atoms with Gasteiger partial charge < -0.3 is 15.0 Å². The number of ether oxygens (including phenoxy) is 1. The van der Waals surface area contributed by atoms with Crippen LogP contribution >= 0.6 is 0 Å². The molecule has 0 spiro atoms. The zero-order chi connectivity index (χ0) is 18.9. The van der Waals surface area contributed by atoms with Crippen LogP contribution in [0.4, 0.5) is 13.2 Å². The van der Waals surface area contributed by atoms with Crippen LogP contribution in [0.2, 0.25) is 0 Å². The van der Waals surface area contributed by atoms with Crippen LogP contribution in [-0.2, 0) is 6.54 Å². The maximum atomic E-state index is 12.1. The number of aliphatic imine (C=N–C) groups is 1. The van der Waals surface area contributed by atoms with E-state index < -0.39 is 12.8 Å². The Morgan fingerprint density at radius 2 is 2.00 bits per heavy atom. The SMILES string of the molecule is CN=C(NCc1ccc(OCC(F)(F)F)nc1)N1CC(C)(C)C1(C)C. The first kappa shape index (κ1) is 19.3. The fraction of sp³-hybridized carbons (Fsp3) is 0.647. The average Bonchev–Trinajstić information content (AvgIpc) is 2.52. The van der Waals surface area contributed by atoms with Crippen LogP contribution in [0.3, 0.4) is 0 Å². The highest BCUT2D eigenvalue weighted by molar-refractivity contribution is 5.82. The third kappa shape index (κ3) is 4.35. The second kappa shape index (κ2) is 6.72. The van der Waals surface area contributed by atoms with Crippen LogP contribution in [0, 0.1) is 5.41 Å². The van der Waals surface area contributed by atoms with Gasteiger partial charge in [0.05, 0.1) is 0 Å². The van der Waals surface area contributed by atoms with Crippen molar-refractivity contribution in [3.63, 3.8) is 0 Å². The molecule has 25 heavy (non-hydrogen) atoms. The van der Waals surface area contributed by atoms with Crippen LogP contribution in [0.5, 0.6) is 5.88 Å². The summed E-state index contributed by atoms with van der Waals surface area (Å²) in [6.07, 6.45) is -2.87. The predicted octanol–water partition coefficient (Wildman–Crippen LogP) is 3.22. The minimum Gasteiger partial charge on any atom is -0.468 e. The van der Waals surface area contributed by atoms with E-state index in [1.165, 1.54) is 12.3 Å². The summed E-state index contributed by atoms with van der Waals surface area (Å²) in [7, 11) is 1.73. The van der Waals surface area contributed by atoms with Gasteiger partial charge in [-0.15, -0.1) is 0 Å². The van der Waals surface area contributed by atoms with Crippen LogP contribution in [0.25, 0.3) is 0 Å². The molecule has 8 heteroatoms. The van der Waals surface area contributed by atoms with E-state index >= 15 is 0 Å². The molecule has 0 bridgehead atoms. The summed E-state index contributed by atoms with van der Waals surface area (Å²) in [5.74, 6) is 0.748. The number of guanidine groups is 1. The molecule has 0 amide bonds. The average molecular weight is 358 g/mol. The van der Waals surface area contributed by atoms with Gasteiger partial charge in [-0.1, -0.05) is 19.9 Å². The highest BCUT2D eigenvalue weighted by atomic mass is 19.4. The van der Waals surface area contributed by atoms with Gasteiger partial charge in [0.2, 0.25) is 5.88 Å². The molecule has 2 rings (SSSR count). The van der Waals surface area contributed by atoms with Crippen molar-refractivity contribution in [1.29, 1.82) is 0 Å². The quantitative estimate of drug-likeness (QED) is 0.663. The Morgan fingerprint density at radius 3 is 2.44 bits per heavy atom. The zero-order valence-electron chi connectivity index (χ0n) is 15.2. The maximum absolute atomic E-state index is 12.1. The van der Waals surface area contributed by atoms with Gasteiger partial charge in [-0.2, -0.15) is 13.2 Å². The lowest BCUT2D eigenvalue weighted by molar-refractivity contribution is -0.154. The van der Waals surface area contributed by atoms with Gasteiger partial charge in [-0.3, -0.25) is 4.99 Å². The van der Waals surface area contributed by atoms with Crippen molar-refractivity contribution in [3.05, 3.63) is 23.9 Å². The lowest BCUT2D eigenvalue weighted by Crippen LogP contribution is -2.72. The first-order chi connectivity index (χ1) is 11.5. The Morgan fingerprint density at radius 1 is 1.32 bits per heavy atom. The second-order valence-electron chi connectivity index (χ2n) is 7.34. The number of pyridine rings is 1. The van der Waals surface area contributed by atoms with E-state index in [-0.39, 0.29) is 16.8 Å². The molecule has 1 N–H and O–H groups in total. The molecular formula is C17H25F3N4O. The smallest absolute Gasteiger partial charge is 0.422 e. The lowest BCUT2D eigenvalue weighted by Gasteiger charge is -2.62. The summed E-state index contributed by atoms with van der Waals surface area (Å²) in [6, 6.07) is 3.12. The van der Waals surface area contributed by atoms with Gasteiger partial charge in [-0.05, 0) is 19.4 Å². The normalized spacial score (nSPS) is 19.4. The molecule has 1 fully saturated rings. The molecule has 0 saturated carbocycles. The minimum absolute atomic E-state index is 0.0115. The summed E-state index contributed by atoms with van der Waals surface area (Å²) in [5.41, 5.74) is 1.02. The van der Waals surface area contributed by atoms with Crippen molar-refractivity contribution >= 4 is 5.96 Å². The molecule has 1 aliphatic heterocycles. The Kier molecular flexibility index (Phi) is 5.20. The van der Waals surface area contributed by atoms with E-state index in [9.17, 15) is 13.2 Å². The number of halogens is 3. The molecule has 0 unspecified atom stereocenters. The molecule has 1 aromatic heterocycles. The molecule has 0 atom stereocenters. The highest BCUT2D eigenvalue weighted by Gasteiger charge is 2.53. The molecule has 1 aliphatic rings. The van der Waals surface area contributed by atoms with E-state index in [0.29, 0.717) is 6.54 Å². The maximum Gasteiger partial charge on any atom is 0.422 e.